The van der Waals surface area contributed by atoms with Gasteiger partial charge in [0.1, 0.15) is 17.7 Å². The van der Waals surface area contributed by atoms with Crippen molar-refractivity contribution < 1.29 is 18.4 Å². The van der Waals surface area contributed by atoms with E-state index in [1.165, 1.54) is 6.07 Å². The van der Waals surface area contributed by atoms with Gasteiger partial charge in [-0.05, 0) is 67.0 Å². The maximum absolute atomic E-state index is 15.3. The SMILES string of the molecule is CNC(=O)[C@H]1C[C@@H]1c1ccc(-c2cc3nc(C(=O)N4C[C@@H](F)c5ccccc5[C@H]4C)cc(C4CC4)n3n2)c(F)c1. The van der Waals surface area contributed by atoms with Gasteiger partial charge in [0.05, 0.1) is 18.3 Å². The van der Waals surface area contributed by atoms with E-state index in [2.05, 4.69) is 15.4 Å². The lowest BCUT2D eigenvalue weighted by Crippen LogP contribution is -2.40. The van der Waals surface area contributed by atoms with Crippen LogP contribution in [0.3, 0.4) is 0 Å². The first kappa shape index (κ1) is 24.9. The molecule has 0 bridgehead atoms. The Labute approximate surface area is 230 Å². The molecule has 0 radical (unpaired) electrons. The molecule has 2 aromatic carbocycles. The smallest absolute Gasteiger partial charge is 0.273 e. The van der Waals surface area contributed by atoms with E-state index in [0.717, 1.165) is 29.7 Å². The van der Waals surface area contributed by atoms with Gasteiger partial charge in [-0.25, -0.2) is 18.3 Å². The van der Waals surface area contributed by atoms with Crippen molar-refractivity contribution >= 4 is 17.5 Å². The highest BCUT2D eigenvalue weighted by Gasteiger charge is 2.43. The first-order valence-electron chi connectivity index (χ1n) is 13.8. The fourth-order valence-electron chi connectivity index (χ4n) is 6.10. The fourth-order valence-corrected chi connectivity index (χ4v) is 6.10. The molecule has 2 aliphatic carbocycles. The molecule has 4 atom stereocenters. The maximum atomic E-state index is 15.3. The molecular formula is C31H29F2N5O2. The summed E-state index contributed by atoms with van der Waals surface area (Å²) in [6.45, 7) is 1.87. The van der Waals surface area contributed by atoms with Crippen LogP contribution in [0.4, 0.5) is 8.78 Å². The van der Waals surface area contributed by atoms with Crippen molar-refractivity contribution in [1.29, 1.82) is 0 Å². The van der Waals surface area contributed by atoms with Gasteiger partial charge in [0.2, 0.25) is 5.91 Å². The number of nitrogens with zero attached hydrogens (tertiary/aromatic N) is 4. The zero-order chi connectivity index (χ0) is 27.7. The number of benzene rings is 2. The Morgan fingerprint density at radius 1 is 1.05 bits per heavy atom. The third kappa shape index (κ3) is 4.06. The summed E-state index contributed by atoms with van der Waals surface area (Å²) in [4.78, 5) is 31.8. The fraction of sp³-hybridized carbons (Fsp3) is 0.355. The molecule has 7 rings (SSSR count). The lowest BCUT2D eigenvalue weighted by atomic mass is 9.92. The van der Waals surface area contributed by atoms with Gasteiger partial charge in [-0.15, -0.1) is 0 Å². The minimum atomic E-state index is -1.27. The lowest BCUT2D eigenvalue weighted by Gasteiger charge is -2.36. The van der Waals surface area contributed by atoms with Crippen LogP contribution >= 0.6 is 0 Å². The maximum Gasteiger partial charge on any atom is 0.273 e. The van der Waals surface area contributed by atoms with Gasteiger partial charge in [-0.1, -0.05) is 30.3 Å². The van der Waals surface area contributed by atoms with Crippen molar-refractivity contribution in [1.82, 2.24) is 24.8 Å². The molecule has 3 aliphatic rings. The number of nitrogens with one attached hydrogen (secondary N) is 1. The van der Waals surface area contributed by atoms with Crippen LogP contribution in [0.2, 0.25) is 0 Å². The molecular weight excluding hydrogens is 512 g/mol. The summed E-state index contributed by atoms with van der Waals surface area (Å²) in [5.74, 6) is -0.624. The first-order valence-corrected chi connectivity index (χ1v) is 13.8. The molecule has 0 unspecified atom stereocenters. The van der Waals surface area contributed by atoms with Crippen molar-refractivity contribution in [3.05, 3.63) is 88.5 Å². The Morgan fingerprint density at radius 2 is 1.82 bits per heavy atom. The predicted molar refractivity (Wildman–Crippen MR) is 145 cm³/mol. The van der Waals surface area contributed by atoms with Crippen LogP contribution in [0.15, 0.2) is 54.6 Å². The second-order valence-corrected chi connectivity index (χ2v) is 11.2. The van der Waals surface area contributed by atoms with Crippen LogP contribution in [0.5, 0.6) is 0 Å². The number of aromatic nitrogens is 3. The molecule has 0 spiro atoms. The van der Waals surface area contributed by atoms with Crippen LogP contribution < -0.4 is 5.32 Å². The van der Waals surface area contributed by atoms with Crippen LogP contribution in [-0.2, 0) is 4.79 Å². The Hall–Kier alpha value is -4.14. The monoisotopic (exact) mass is 541 g/mol. The Morgan fingerprint density at radius 3 is 2.55 bits per heavy atom. The molecule has 2 aromatic heterocycles. The van der Waals surface area contributed by atoms with E-state index in [4.69, 9.17) is 0 Å². The average molecular weight is 542 g/mol. The molecule has 2 amide bonds. The minimum absolute atomic E-state index is 0.0225. The van der Waals surface area contributed by atoms with Crippen LogP contribution in [0, 0.1) is 11.7 Å². The molecule has 7 nitrogen and oxygen atoms in total. The Balaban J connectivity index is 1.22. The third-order valence-electron chi connectivity index (χ3n) is 8.61. The highest BCUT2D eigenvalue weighted by molar-refractivity contribution is 5.93. The number of hydrogen-bond acceptors (Lipinski definition) is 4. The summed E-state index contributed by atoms with van der Waals surface area (Å²) in [6.07, 6.45) is 1.39. The summed E-state index contributed by atoms with van der Waals surface area (Å²) < 4.78 is 32.1. The van der Waals surface area contributed by atoms with E-state index in [1.54, 1.807) is 40.7 Å². The van der Waals surface area contributed by atoms with E-state index < -0.39 is 12.0 Å². The molecule has 2 saturated carbocycles. The molecule has 4 aromatic rings. The molecule has 1 N–H and O–H groups in total. The van der Waals surface area contributed by atoms with Gasteiger partial charge in [0.25, 0.3) is 5.91 Å². The van der Waals surface area contributed by atoms with E-state index in [1.807, 2.05) is 31.2 Å². The minimum Gasteiger partial charge on any atom is -0.359 e. The van der Waals surface area contributed by atoms with Crippen LogP contribution in [0.25, 0.3) is 16.9 Å². The molecule has 40 heavy (non-hydrogen) atoms. The van der Waals surface area contributed by atoms with E-state index in [-0.39, 0.29) is 47.8 Å². The highest BCUT2D eigenvalue weighted by atomic mass is 19.1. The highest BCUT2D eigenvalue weighted by Crippen LogP contribution is 2.48. The largest absolute Gasteiger partial charge is 0.359 e. The van der Waals surface area contributed by atoms with E-state index in [9.17, 15) is 9.59 Å². The summed E-state index contributed by atoms with van der Waals surface area (Å²) in [7, 11) is 1.61. The standard InChI is InChI=1S/C31H29F2N5O2/c1-16-19-5-3-4-6-20(19)25(33)15-37(16)31(40)27-13-28(17-7-8-17)38-29(35-27)14-26(36-38)21-10-9-18(11-24(21)32)22-12-23(22)30(39)34-2/h3-6,9-11,13-14,16-17,22-23,25H,7-8,12,15H2,1-2H3,(H,34,39)/t16-,22-,23+,25-/m1/s1. The molecule has 2 fully saturated rings. The summed E-state index contributed by atoms with van der Waals surface area (Å²) in [6, 6.07) is 15.5. The summed E-state index contributed by atoms with van der Waals surface area (Å²) in [5.41, 5.74) is 4.53. The summed E-state index contributed by atoms with van der Waals surface area (Å²) >= 11 is 0. The number of rotatable bonds is 5. The lowest BCUT2D eigenvalue weighted by molar-refractivity contribution is -0.121. The topological polar surface area (TPSA) is 79.6 Å². The number of carbonyl (C=O) groups is 2. The quantitative estimate of drug-likeness (QED) is 0.362. The van der Waals surface area contributed by atoms with Gasteiger partial charge in [-0.2, -0.15) is 5.10 Å². The van der Waals surface area contributed by atoms with Gasteiger partial charge in [-0.3, -0.25) is 9.59 Å². The number of fused-ring (bicyclic) bond motifs is 2. The number of amides is 2. The van der Waals surface area contributed by atoms with Crippen molar-refractivity contribution in [2.75, 3.05) is 13.6 Å². The summed E-state index contributed by atoms with van der Waals surface area (Å²) in [5, 5.41) is 7.34. The predicted octanol–water partition coefficient (Wildman–Crippen LogP) is 5.49. The van der Waals surface area contributed by atoms with Crippen molar-refractivity contribution in [2.45, 2.75) is 50.2 Å². The second kappa shape index (κ2) is 9.21. The van der Waals surface area contributed by atoms with Crippen molar-refractivity contribution in [3.8, 4) is 11.3 Å². The zero-order valence-electron chi connectivity index (χ0n) is 22.3. The zero-order valence-corrected chi connectivity index (χ0v) is 22.3. The molecule has 204 valence electrons. The molecule has 3 heterocycles. The number of hydrogen-bond donors (Lipinski definition) is 1. The Kier molecular flexibility index (Phi) is 5.73. The van der Waals surface area contributed by atoms with Crippen molar-refractivity contribution in [3.63, 3.8) is 0 Å². The first-order chi connectivity index (χ1) is 19.3. The number of alkyl halides is 1. The normalized spacial score (nSPS) is 23.6. The van der Waals surface area contributed by atoms with Gasteiger partial charge >= 0.3 is 0 Å². The van der Waals surface area contributed by atoms with Gasteiger partial charge < -0.3 is 10.2 Å². The van der Waals surface area contributed by atoms with Crippen LogP contribution in [0.1, 0.15) is 83.1 Å². The molecule has 9 heteroatoms. The van der Waals surface area contributed by atoms with E-state index >= 15 is 8.78 Å². The Bertz CT molecular complexity index is 1680. The molecule has 1 aliphatic heterocycles. The van der Waals surface area contributed by atoms with Gasteiger partial charge in [0.15, 0.2) is 5.65 Å². The average Bonchev–Trinajstić information content (AvgIpc) is 3.90. The number of halogens is 2. The van der Waals surface area contributed by atoms with Crippen LogP contribution in [-0.4, -0.2) is 44.9 Å². The second-order valence-electron chi connectivity index (χ2n) is 11.2. The third-order valence-corrected chi connectivity index (χ3v) is 8.61. The van der Waals surface area contributed by atoms with Crippen molar-refractivity contribution in [2.24, 2.45) is 5.92 Å². The number of carbonyl (C=O) groups excluding carboxylic acids is 2. The molecule has 0 saturated heterocycles. The van der Waals surface area contributed by atoms with Gasteiger partial charge in [0, 0.05) is 36.2 Å². The van der Waals surface area contributed by atoms with E-state index in [0.29, 0.717) is 28.9 Å².